The van der Waals surface area contributed by atoms with Gasteiger partial charge in [0.1, 0.15) is 17.6 Å². The molecule has 1 heterocycles. The molecule has 0 saturated carbocycles. The van der Waals surface area contributed by atoms with Crippen molar-refractivity contribution < 1.29 is 18.7 Å². The minimum absolute atomic E-state index is 0.144. The van der Waals surface area contributed by atoms with E-state index in [4.69, 9.17) is 9.47 Å². The Morgan fingerprint density at radius 1 is 1.05 bits per heavy atom. The van der Waals surface area contributed by atoms with E-state index >= 15 is 0 Å². The molecule has 0 spiro atoms. The normalized spacial score (nSPS) is 11.7. The summed E-state index contributed by atoms with van der Waals surface area (Å²) in [4.78, 5) is 27.4. The summed E-state index contributed by atoms with van der Waals surface area (Å²) >= 11 is 1.33. The number of aromatic nitrogens is 3. The molecule has 0 aliphatic heterocycles. The molecule has 0 aliphatic carbocycles. The van der Waals surface area contributed by atoms with Crippen LogP contribution in [-0.2, 0) is 9.53 Å². The van der Waals surface area contributed by atoms with Gasteiger partial charge in [-0.15, -0.1) is 0 Å². The molecule has 2 aromatic carbocycles. The Kier molecular flexibility index (Phi) is 10.9. The van der Waals surface area contributed by atoms with E-state index in [1.807, 2.05) is 38.1 Å². The van der Waals surface area contributed by atoms with Gasteiger partial charge in [-0.1, -0.05) is 19.9 Å². The lowest BCUT2D eigenvalue weighted by molar-refractivity contribution is -0.122. The second-order valence-corrected chi connectivity index (χ2v) is 9.68. The van der Waals surface area contributed by atoms with Crippen LogP contribution in [0.1, 0.15) is 26.7 Å². The molecule has 0 saturated heterocycles. The number of hydrogen-bond acceptors (Lipinski definition) is 9. The third-order valence-electron chi connectivity index (χ3n) is 5.12. The molecule has 0 fully saturated rings. The van der Waals surface area contributed by atoms with Crippen molar-refractivity contribution in [3.8, 4) is 5.75 Å². The first-order valence-corrected chi connectivity index (χ1v) is 12.8. The van der Waals surface area contributed by atoms with Gasteiger partial charge in [-0.05, 0) is 73.0 Å². The molecule has 3 rings (SSSR count). The zero-order valence-corrected chi connectivity index (χ0v) is 22.3. The molecular formula is C26H33FN6O3S. The Labute approximate surface area is 221 Å². The van der Waals surface area contributed by atoms with Crippen LogP contribution < -0.4 is 20.7 Å². The summed E-state index contributed by atoms with van der Waals surface area (Å²) < 4.78 is 24.0. The summed E-state index contributed by atoms with van der Waals surface area (Å²) in [6.45, 7) is 5.16. The fourth-order valence-electron chi connectivity index (χ4n) is 3.38. The molecule has 198 valence electrons. The molecular weight excluding hydrogens is 495 g/mol. The molecule has 1 aromatic heterocycles. The number of hydrogen-bond donors (Lipinski definition) is 3. The van der Waals surface area contributed by atoms with Gasteiger partial charge in [-0.2, -0.15) is 15.0 Å². The van der Waals surface area contributed by atoms with Gasteiger partial charge in [-0.25, -0.2) is 4.39 Å². The fourth-order valence-corrected chi connectivity index (χ4v) is 4.12. The first-order chi connectivity index (χ1) is 17.9. The Hall–Kier alpha value is -3.44. The van der Waals surface area contributed by atoms with Crippen molar-refractivity contribution in [3.63, 3.8) is 0 Å². The van der Waals surface area contributed by atoms with E-state index in [-0.39, 0.29) is 29.5 Å². The van der Waals surface area contributed by atoms with Gasteiger partial charge in [0.2, 0.25) is 17.8 Å². The van der Waals surface area contributed by atoms with E-state index in [2.05, 4.69) is 30.9 Å². The second kappa shape index (κ2) is 14.3. The highest BCUT2D eigenvalue weighted by molar-refractivity contribution is 7.99. The van der Waals surface area contributed by atoms with Crippen LogP contribution >= 0.6 is 11.8 Å². The minimum atomic E-state index is -0.550. The summed E-state index contributed by atoms with van der Waals surface area (Å²) in [5.41, 5.74) is 0.493. The van der Waals surface area contributed by atoms with Gasteiger partial charge >= 0.3 is 0 Å². The lowest BCUT2D eigenvalue weighted by Gasteiger charge is -2.20. The van der Waals surface area contributed by atoms with Crippen molar-refractivity contribution in [2.45, 2.75) is 42.8 Å². The number of anilines is 3. The highest BCUT2D eigenvalue weighted by Gasteiger charge is 2.21. The Balaban J connectivity index is 1.86. The highest BCUT2D eigenvalue weighted by Crippen LogP contribution is 2.28. The Morgan fingerprint density at radius 2 is 1.81 bits per heavy atom. The maximum Gasteiger partial charge on any atom is 0.242 e. The topological polar surface area (TPSA) is 110 Å². The third kappa shape index (κ3) is 9.51. The third-order valence-corrected chi connectivity index (χ3v) is 5.99. The van der Waals surface area contributed by atoms with Crippen LogP contribution in [0.2, 0.25) is 0 Å². The molecule has 0 bridgehead atoms. The van der Waals surface area contributed by atoms with Crippen LogP contribution in [0.5, 0.6) is 5.75 Å². The van der Waals surface area contributed by atoms with Gasteiger partial charge < -0.3 is 25.4 Å². The first-order valence-electron chi connectivity index (χ1n) is 12.0. The van der Waals surface area contributed by atoms with E-state index < -0.39 is 6.04 Å². The number of amides is 1. The summed E-state index contributed by atoms with van der Waals surface area (Å²) in [5, 5.41) is 9.56. The number of nitrogens with zero attached hydrogens (tertiary/aromatic N) is 3. The van der Waals surface area contributed by atoms with Crippen LogP contribution in [-0.4, -0.2) is 54.3 Å². The number of halogens is 1. The van der Waals surface area contributed by atoms with Crippen LogP contribution in [0.3, 0.4) is 0 Å². The summed E-state index contributed by atoms with van der Waals surface area (Å²) in [6, 6.07) is 13.0. The maximum absolute atomic E-state index is 13.7. The van der Waals surface area contributed by atoms with E-state index in [9.17, 15) is 9.18 Å². The number of methoxy groups -OCH3 is 2. The molecule has 1 atom stereocenters. The lowest BCUT2D eigenvalue weighted by atomic mass is 10.0. The molecule has 9 nitrogen and oxygen atoms in total. The van der Waals surface area contributed by atoms with Crippen LogP contribution in [0.25, 0.3) is 0 Å². The molecule has 3 N–H and O–H groups in total. The average molecular weight is 529 g/mol. The highest BCUT2D eigenvalue weighted by atomic mass is 32.2. The molecule has 1 amide bonds. The monoisotopic (exact) mass is 528 g/mol. The molecule has 0 unspecified atom stereocenters. The van der Waals surface area contributed by atoms with Gasteiger partial charge in [0.25, 0.3) is 0 Å². The largest absolute Gasteiger partial charge is 0.497 e. The zero-order valence-electron chi connectivity index (χ0n) is 21.5. The zero-order chi connectivity index (χ0) is 26.6. The summed E-state index contributed by atoms with van der Waals surface area (Å²) in [5.74, 6) is 0.929. The number of rotatable bonds is 14. The molecule has 0 radical (unpaired) electrons. The van der Waals surface area contributed by atoms with Crippen molar-refractivity contribution in [1.82, 2.24) is 20.3 Å². The smallest absolute Gasteiger partial charge is 0.242 e. The maximum atomic E-state index is 13.7. The van der Waals surface area contributed by atoms with Crippen LogP contribution in [0.4, 0.5) is 22.0 Å². The van der Waals surface area contributed by atoms with Crippen molar-refractivity contribution in [2.75, 3.05) is 38.0 Å². The predicted molar refractivity (Wildman–Crippen MR) is 143 cm³/mol. The SMILES string of the molecule is COCCCNC(=O)[C@H](CC(C)C)Nc1nc(Nc2cccc(F)c2)nc(Sc2ccc(OC)cc2)n1. The van der Waals surface area contributed by atoms with Crippen molar-refractivity contribution in [3.05, 3.63) is 54.3 Å². The number of carbonyl (C=O) groups excluding carboxylic acids is 1. The lowest BCUT2D eigenvalue weighted by Crippen LogP contribution is -2.41. The van der Waals surface area contributed by atoms with Gasteiger partial charge in [0.05, 0.1) is 7.11 Å². The van der Waals surface area contributed by atoms with Crippen molar-refractivity contribution >= 4 is 35.3 Å². The average Bonchev–Trinajstić information content (AvgIpc) is 2.86. The Morgan fingerprint density at radius 3 is 2.49 bits per heavy atom. The van der Waals surface area contributed by atoms with Gasteiger partial charge in [0.15, 0.2) is 5.16 Å². The molecule has 0 aliphatic rings. The molecule has 11 heteroatoms. The van der Waals surface area contributed by atoms with E-state index in [1.165, 1.54) is 23.9 Å². The second-order valence-electron chi connectivity index (χ2n) is 8.64. The van der Waals surface area contributed by atoms with Gasteiger partial charge in [-0.3, -0.25) is 4.79 Å². The van der Waals surface area contributed by atoms with E-state index in [0.717, 1.165) is 10.6 Å². The van der Waals surface area contributed by atoms with Crippen molar-refractivity contribution in [2.24, 2.45) is 5.92 Å². The van der Waals surface area contributed by atoms with Crippen molar-refractivity contribution in [1.29, 1.82) is 0 Å². The van der Waals surface area contributed by atoms with E-state index in [1.54, 1.807) is 26.4 Å². The number of benzene rings is 2. The van der Waals surface area contributed by atoms with Crippen LogP contribution in [0, 0.1) is 11.7 Å². The molecule has 37 heavy (non-hydrogen) atoms. The standard InChI is InChI=1S/C26H33FN6O3S/c1-17(2)15-22(23(34)28-13-6-14-35-3)30-25-31-24(29-19-8-5-7-18(27)16-19)32-26(33-25)37-21-11-9-20(36-4)10-12-21/h5,7-12,16-17,22H,6,13-15H2,1-4H3,(H,28,34)(H2,29,30,31,32,33)/t22-/m0/s1. The number of nitrogens with one attached hydrogen (secondary N) is 3. The summed E-state index contributed by atoms with van der Waals surface area (Å²) in [6.07, 6.45) is 1.29. The Bertz CT molecular complexity index is 1150. The molecule has 3 aromatic rings. The summed E-state index contributed by atoms with van der Waals surface area (Å²) in [7, 11) is 3.24. The number of carbonyl (C=O) groups is 1. The van der Waals surface area contributed by atoms with Crippen LogP contribution in [0.15, 0.2) is 58.6 Å². The fraction of sp³-hybridized carbons (Fsp3) is 0.385. The van der Waals surface area contributed by atoms with Gasteiger partial charge in [0, 0.05) is 30.8 Å². The first kappa shape index (κ1) is 28.1. The quantitative estimate of drug-likeness (QED) is 0.252. The number of ether oxygens (including phenoxy) is 2. The predicted octanol–water partition coefficient (Wildman–Crippen LogP) is 4.89. The van der Waals surface area contributed by atoms with E-state index in [0.29, 0.717) is 36.8 Å². The minimum Gasteiger partial charge on any atom is -0.497 e.